The summed E-state index contributed by atoms with van der Waals surface area (Å²) in [4.78, 5) is 12.1. The van der Waals surface area contributed by atoms with Crippen LogP contribution >= 0.6 is 11.6 Å². The van der Waals surface area contributed by atoms with Crippen LogP contribution in [0.4, 0.5) is 5.69 Å². The van der Waals surface area contributed by atoms with Crippen molar-refractivity contribution < 1.29 is 9.53 Å². The molecule has 0 saturated heterocycles. The predicted molar refractivity (Wildman–Crippen MR) is 85.6 cm³/mol. The smallest absolute Gasteiger partial charge is 0.339 e. The summed E-state index contributed by atoms with van der Waals surface area (Å²) in [6.45, 7) is 6.31. The maximum Gasteiger partial charge on any atom is 0.339 e. The van der Waals surface area contributed by atoms with Crippen LogP contribution < -0.4 is 5.73 Å². The molecule has 0 aromatic heterocycles. The highest BCUT2D eigenvalue weighted by atomic mass is 35.5. The van der Waals surface area contributed by atoms with Gasteiger partial charge in [-0.25, -0.2) is 4.79 Å². The molecule has 4 heteroatoms. The zero-order chi connectivity index (χ0) is 15.6. The van der Waals surface area contributed by atoms with E-state index in [4.69, 9.17) is 22.1 Å². The maximum absolute atomic E-state index is 12.1. The Morgan fingerprint density at radius 1 is 1.14 bits per heavy atom. The fraction of sp³-hybridized carbons (Fsp3) is 0.235. The van der Waals surface area contributed by atoms with Crippen LogP contribution in [0.2, 0.25) is 5.02 Å². The van der Waals surface area contributed by atoms with Crippen molar-refractivity contribution >= 4 is 23.3 Å². The highest BCUT2D eigenvalue weighted by molar-refractivity contribution is 6.33. The first kappa shape index (κ1) is 15.4. The number of nitrogen functional groups attached to an aromatic ring is 1. The summed E-state index contributed by atoms with van der Waals surface area (Å²) in [7, 11) is 0. The second-order valence-corrected chi connectivity index (χ2v) is 5.60. The van der Waals surface area contributed by atoms with E-state index in [2.05, 4.69) is 12.1 Å². The van der Waals surface area contributed by atoms with Crippen LogP contribution in [0, 0.1) is 20.8 Å². The highest BCUT2D eigenvalue weighted by Crippen LogP contribution is 2.22. The number of aryl methyl sites for hydroxylation is 3. The number of nitrogens with two attached hydrogens (primary N) is 1. The van der Waals surface area contributed by atoms with Gasteiger partial charge < -0.3 is 10.5 Å². The van der Waals surface area contributed by atoms with Gasteiger partial charge in [0.25, 0.3) is 0 Å². The predicted octanol–water partition coefficient (Wildman–Crippen LogP) is 4.20. The summed E-state index contributed by atoms with van der Waals surface area (Å²) in [5, 5.41) is 0.303. The molecule has 0 bridgehead atoms. The monoisotopic (exact) mass is 303 g/mol. The minimum atomic E-state index is -0.445. The second-order valence-electron chi connectivity index (χ2n) is 5.19. The average molecular weight is 304 g/mol. The summed E-state index contributed by atoms with van der Waals surface area (Å²) in [6, 6.07) is 8.90. The molecule has 0 aliphatic carbocycles. The summed E-state index contributed by atoms with van der Waals surface area (Å²) < 4.78 is 5.37. The summed E-state index contributed by atoms with van der Waals surface area (Å²) in [6.07, 6.45) is 0. The van der Waals surface area contributed by atoms with E-state index >= 15 is 0 Å². The molecule has 0 saturated carbocycles. The standard InChI is InChI=1S/C17H18ClNO2/c1-10-6-11(2)15(12(3)7-10)9-21-17(20)14-5-4-13(19)8-16(14)18/h4-8H,9,19H2,1-3H3. The molecule has 3 nitrogen and oxygen atoms in total. The third-order valence-electron chi connectivity index (χ3n) is 3.40. The van der Waals surface area contributed by atoms with E-state index in [1.54, 1.807) is 18.2 Å². The van der Waals surface area contributed by atoms with Crippen LogP contribution in [0.1, 0.15) is 32.6 Å². The van der Waals surface area contributed by atoms with Crippen molar-refractivity contribution in [1.82, 2.24) is 0 Å². The SMILES string of the molecule is Cc1cc(C)c(COC(=O)c2ccc(N)cc2Cl)c(C)c1. The Hall–Kier alpha value is -2.00. The normalized spacial score (nSPS) is 10.5. The third-order valence-corrected chi connectivity index (χ3v) is 3.71. The van der Waals surface area contributed by atoms with E-state index < -0.39 is 5.97 Å². The molecular weight excluding hydrogens is 286 g/mol. The molecule has 0 unspecified atom stereocenters. The second kappa shape index (κ2) is 6.19. The molecule has 2 N–H and O–H groups in total. The molecule has 0 atom stereocenters. The lowest BCUT2D eigenvalue weighted by Crippen LogP contribution is -2.08. The lowest BCUT2D eigenvalue weighted by molar-refractivity contribution is 0.0472. The number of hydrogen-bond donors (Lipinski definition) is 1. The number of carbonyl (C=O) groups is 1. The van der Waals surface area contributed by atoms with E-state index in [1.807, 2.05) is 20.8 Å². The van der Waals surface area contributed by atoms with E-state index in [1.165, 1.54) is 5.56 Å². The van der Waals surface area contributed by atoms with Crippen molar-refractivity contribution in [3.05, 3.63) is 63.2 Å². The van der Waals surface area contributed by atoms with Gasteiger partial charge in [0.2, 0.25) is 0 Å². The average Bonchev–Trinajstić information content (AvgIpc) is 2.36. The Labute approximate surface area is 129 Å². The van der Waals surface area contributed by atoms with Crippen molar-refractivity contribution in [1.29, 1.82) is 0 Å². The van der Waals surface area contributed by atoms with E-state index in [0.717, 1.165) is 16.7 Å². The van der Waals surface area contributed by atoms with Crippen molar-refractivity contribution in [2.24, 2.45) is 0 Å². The van der Waals surface area contributed by atoms with Gasteiger partial charge in [-0.05, 0) is 55.7 Å². The van der Waals surface area contributed by atoms with Crippen LogP contribution in [0.25, 0.3) is 0 Å². The number of benzene rings is 2. The number of carbonyl (C=O) groups excluding carboxylic acids is 1. The fourth-order valence-electron chi connectivity index (χ4n) is 2.35. The van der Waals surface area contributed by atoms with E-state index in [0.29, 0.717) is 16.3 Å². The Balaban J connectivity index is 2.15. The molecule has 0 aliphatic heterocycles. The van der Waals surface area contributed by atoms with Crippen molar-refractivity contribution in [3.8, 4) is 0 Å². The molecule has 0 fully saturated rings. The number of esters is 1. The van der Waals surface area contributed by atoms with Crippen LogP contribution in [0.3, 0.4) is 0 Å². The van der Waals surface area contributed by atoms with Crippen molar-refractivity contribution in [3.63, 3.8) is 0 Å². The molecule has 2 rings (SSSR count). The van der Waals surface area contributed by atoms with Crippen molar-refractivity contribution in [2.75, 3.05) is 5.73 Å². The Kier molecular flexibility index (Phi) is 4.53. The van der Waals surface area contributed by atoms with Gasteiger partial charge in [0.15, 0.2) is 0 Å². The number of rotatable bonds is 3. The van der Waals surface area contributed by atoms with Gasteiger partial charge in [0, 0.05) is 5.69 Å². The zero-order valence-corrected chi connectivity index (χ0v) is 13.1. The number of anilines is 1. The molecule has 0 radical (unpaired) electrons. The molecular formula is C17H18ClNO2. The summed E-state index contributed by atoms with van der Waals surface area (Å²) in [5.74, 6) is -0.445. The van der Waals surface area contributed by atoms with Gasteiger partial charge in [0.1, 0.15) is 6.61 Å². The zero-order valence-electron chi connectivity index (χ0n) is 12.4. The van der Waals surface area contributed by atoms with Crippen LogP contribution in [-0.4, -0.2) is 5.97 Å². The molecule has 2 aromatic rings. The van der Waals surface area contributed by atoms with Gasteiger partial charge in [-0.1, -0.05) is 29.3 Å². The highest BCUT2D eigenvalue weighted by Gasteiger charge is 2.13. The Morgan fingerprint density at radius 2 is 1.76 bits per heavy atom. The van der Waals surface area contributed by atoms with E-state index in [-0.39, 0.29) is 6.61 Å². The summed E-state index contributed by atoms with van der Waals surface area (Å²) in [5.41, 5.74) is 10.9. The lowest BCUT2D eigenvalue weighted by atomic mass is 10.0. The summed E-state index contributed by atoms with van der Waals surface area (Å²) >= 11 is 6.01. The molecule has 110 valence electrons. The first-order valence-electron chi connectivity index (χ1n) is 6.67. The fourth-order valence-corrected chi connectivity index (χ4v) is 2.62. The molecule has 2 aromatic carbocycles. The molecule has 0 amide bonds. The molecule has 0 spiro atoms. The quantitative estimate of drug-likeness (QED) is 0.683. The number of halogens is 1. The Bertz CT molecular complexity index is 672. The third kappa shape index (κ3) is 3.56. The molecule has 0 heterocycles. The minimum Gasteiger partial charge on any atom is -0.457 e. The lowest BCUT2D eigenvalue weighted by Gasteiger charge is -2.12. The Morgan fingerprint density at radius 3 is 2.33 bits per heavy atom. The topological polar surface area (TPSA) is 52.3 Å². The number of hydrogen-bond acceptors (Lipinski definition) is 3. The minimum absolute atomic E-state index is 0.234. The van der Waals surface area contributed by atoms with Gasteiger partial charge in [-0.3, -0.25) is 0 Å². The maximum atomic E-state index is 12.1. The van der Waals surface area contributed by atoms with Gasteiger partial charge in [-0.2, -0.15) is 0 Å². The van der Waals surface area contributed by atoms with E-state index in [9.17, 15) is 4.79 Å². The first-order chi connectivity index (χ1) is 9.88. The van der Waals surface area contributed by atoms with Gasteiger partial charge in [-0.15, -0.1) is 0 Å². The molecule has 21 heavy (non-hydrogen) atoms. The van der Waals surface area contributed by atoms with Crippen LogP contribution in [-0.2, 0) is 11.3 Å². The van der Waals surface area contributed by atoms with Crippen LogP contribution in [0.15, 0.2) is 30.3 Å². The van der Waals surface area contributed by atoms with Crippen molar-refractivity contribution in [2.45, 2.75) is 27.4 Å². The first-order valence-corrected chi connectivity index (χ1v) is 7.05. The van der Waals surface area contributed by atoms with Gasteiger partial charge in [0.05, 0.1) is 10.6 Å². The van der Waals surface area contributed by atoms with Gasteiger partial charge >= 0.3 is 5.97 Å². The number of ether oxygens (including phenoxy) is 1. The largest absolute Gasteiger partial charge is 0.457 e. The van der Waals surface area contributed by atoms with Crippen LogP contribution in [0.5, 0.6) is 0 Å². The molecule has 0 aliphatic rings.